The second-order valence-electron chi connectivity index (χ2n) is 4.56. The number of nitrogens with one attached hydrogen (secondary N) is 1. The first-order valence-electron chi connectivity index (χ1n) is 6.27. The lowest BCUT2D eigenvalue weighted by Gasteiger charge is -2.16. The van der Waals surface area contributed by atoms with Gasteiger partial charge >= 0.3 is 0 Å². The largest absolute Gasteiger partial charge is 0.363 e. The van der Waals surface area contributed by atoms with Crippen molar-refractivity contribution < 1.29 is 8.42 Å². The zero-order valence-corrected chi connectivity index (χ0v) is 12.8. The number of H-pyrrole nitrogens is 1. The molecule has 0 spiro atoms. The molecule has 0 saturated heterocycles. The second kappa shape index (κ2) is 6.43. The molecule has 0 fully saturated rings. The number of nitrogens with zero attached hydrogens (tertiary/aromatic N) is 1. The van der Waals surface area contributed by atoms with Crippen molar-refractivity contribution >= 4 is 21.6 Å². The number of rotatable bonds is 6. The number of aromatic amines is 1. The van der Waals surface area contributed by atoms with Crippen LogP contribution in [0.1, 0.15) is 11.3 Å². The minimum Gasteiger partial charge on any atom is -0.363 e. The summed E-state index contributed by atoms with van der Waals surface area (Å²) in [6.45, 7) is 0.438. The molecule has 2 aromatic rings. The summed E-state index contributed by atoms with van der Waals surface area (Å²) in [5.74, 6) is 0.267. The van der Waals surface area contributed by atoms with Crippen LogP contribution in [-0.2, 0) is 22.3 Å². The van der Waals surface area contributed by atoms with Crippen LogP contribution in [0.2, 0.25) is 0 Å². The van der Waals surface area contributed by atoms with Crippen molar-refractivity contribution in [2.24, 2.45) is 0 Å². The van der Waals surface area contributed by atoms with E-state index in [-0.39, 0.29) is 10.8 Å². The molecule has 1 heterocycles. The van der Waals surface area contributed by atoms with Gasteiger partial charge in [-0.25, -0.2) is 12.7 Å². The van der Waals surface area contributed by atoms with Gasteiger partial charge in [-0.3, -0.25) is 0 Å². The first kappa shape index (κ1) is 15.1. The molecule has 0 unspecified atom stereocenters. The highest BCUT2D eigenvalue weighted by atomic mass is 35.5. The van der Waals surface area contributed by atoms with E-state index in [1.165, 1.54) is 10.5 Å². The fraction of sp³-hybridized carbons (Fsp3) is 0.286. The minimum atomic E-state index is -3.45. The Morgan fingerprint density at radius 2 is 1.95 bits per heavy atom. The number of hydrogen-bond donors (Lipinski definition) is 1. The quantitative estimate of drug-likeness (QED) is 0.834. The first-order valence-corrected chi connectivity index (χ1v) is 8.25. The highest BCUT2D eigenvalue weighted by molar-refractivity contribution is 7.89. The van der Waals surface area contributed by atoms with E-state index in [0.717, 1.165) is 5.56 Å². The summed E-state index contributed by atoms with van der Waals surface area (Å²) in [7, 11) is -1.87. The number of halogens is 1. The van der Waals surface area contributed by atoms with Crippen molar-refractivity contribution in [3.05, 3.63) is 53.9 Å². The Hall–Kier alpha value is -1.30. The Kier molecular flexibility index (Phi) is 4.86. The fourth-order valence-electron chi connectivity index (χ4n) is 1.88. The van der Waals surface area contributed by atoms with Gasteiger partial charge in [-0.1, -0.05) is 30.3 Å². The van der Waals surface area contributed by atoms with Crippen LogP contribution in [0.15, 0.2) is 47.5 Å². The third-order valence-electron chi connectivity index (χ3n) is 3.13. The van der Waals surface area contributed by atoms with Crippen molar-refractivity contribution in [2.45, 2.75) is 17.2 Å². The van der Waals surface area contributed by atoms with Crippen LogP contribution in [0.3, 0.4) is 0 Å². The topological polar surface area (TPSA) is 53.2 Å². The van der Waals surface area contributed by atoms with Crippen LogP contribution in [0.5, 0.6) is 0 Å². The van der Waals surface area contributed by atoms with Gasteiger partial charge in [0.25, 0.3) is 0 Å². The van der Waals surface area contributed by atoms with Crippen molar-refractivity contribution in [3.63, 3.8) is 0 Å². The average Bonchev–Trinajstić information content (AvgIpc) is 2.95. The summed E-state index contributed by atoms with van der Waals surface area (Å²) in [4.78, 5) is 3.11. The summed E-state index contributed by atoms with van der Waals surface area (Å²) in [6.07, 6.45) is 2.16. The van der Waals surface area contributed by atoms with Crippen LogP contribution in [-0.4, -0.2) is 31.3 Å². The van der Waals surface area contributed by atoms with E-state index in [2.05, 4.69) is 4.98 Å². The Morgan fingerprint density at radius 3 is 2.55 bits per heavy atom. The Bertz CT molecular complexity index is 653. The van der Waals surface area contributed by atoms with Gasteiger partial charge in [0.15, 0.2) is 0 Å². The van der Waals surface area contributed by atoms with Gasteiger partial charge in [0.1, 0.15) is 0 Å². The molecule has 0 aliphatic carbocycles. The third-order valence-corrected chi connectivity index (χ3v) is 5.25. The lowest BCUT2D eigenvalue weighted by atomic mass is 10.2. The monoisotopic (exact) mass is 312 g/mol. The molecular formula is C14H17ClN2O2S. The minimum absolute atomic E-state index is 0.253. The van der Waals surface area contributed by atoms with Gasteiger partial charge in [0.05, 0.1) is 10.8 Å². The standard InChI is InChI=1S/C14H17ClN2O2S/c1-17(8-7-12-5-3-2-4-6-12)20(18,19)14-9-13(10-15)16-11-14/h2-6,9,11,16H,7-8,10H2,1H3. The number of hydrogen-bond acceptors (Lipinski definition) is 2. The molecular weight excluding hydrogens is 296 g/mol. The van der Waals surface area contributed by atoms with E-state index in [0.29, 0.717) is 18.7 Å². The predicted molar refractivity (Wildman–Crippen MR) is 80.3 cm³/mol. The molecule has 1 aromatic carbocycles. The van der Waals surface area contributed by atoms with Crippen molar-refractivity contribution in [3.8, 4) is 0 Å². The molecule has 6 heteroatoms. The van der Waals surface area contributed by atoms with E-state index in [4.69, 9.17) is 11.6 Å². The first-order chi connectivity index (χ1) is 9.54. The van der Waals surface area contributed by atoms with Gasteiger partial charge < -0.3 is 4.98 Å². The van der Waals surface area contributed by atoms with Crippen LogP contribution >= 0.6 is 11.6 Å². The van der Waals surface area contributed by atoms with Gasteiger partial charge in [0.2, 0.25) is 10.0 Å². The van der Waals surface area contributed by atoms with E-state index >= 15 is 0 Å². The summed E-state index contributed by atoms with van der Waals surface area (Å²) in [5, 5.41) is 0. The molecule has 0 saturated carbocycles. The number of aromatic nitrogens is 1. The molecule has 0 aliphatic rings. The lowest BCUT2D eigenvalue weighted by Crippen LogP contribution is -2.28. The maximum Gasteiger partial charge on any atom is 0.244 e. The van der Waals surface area contributed by atoms with Gasteiger partial charge in [-0.2, -0.15) is 0 Å². The molecule has 1 aromatic heterocycles. The highest BCUT2D eigenvalue weighted by Gasteiger charge is 2.21. The number of alkyl halides is 1. The smallest absolute Gasteiger partial charge is 0.244 e. The molecule has 0 aliphatic heterocycles. The number of likely N-dealkylation sites (N-methyl/N-ethyl adjacent to an activating group) is 1. The van der Waals surface area contributed by atoms with E-state index in [9.17, 15) is 8.42 Å². The Balaban J connectivity index is 2.05. The van der Waals surface area contributed by atoms with Gasteiger partial charge in [0, 0.05) is 25.5 Å². The molecule has 0 atom stereocenters. The van der Waals surface area contributed by atoms with Gasteiger partial charge in [-0.15, -0.1) is 11.6 Å². The van der Waals surface area contributed by atoms with Crippen LogP contribution < -0.4 is 0 Å². The highest BCUT2D eigenvalue weighted by Crippen LogP contribution is 2.17. The second-order valence-corrected chi connectivity index (χ2v) is 6.87. The maximum absolute atomic E-state index is 12.3. The SMILES string of the molecule is CN(CCc1ccccc1)S(=O)(=O)c1c[nH]c(CCl)c1. The number of sulfonamides is 1. The molecule has 0 amide bonds. The predicted octanol–water partition coefficient (Wildman–Crippen LogP) is 2.62. The third kappa shape index (κ3) is 3.42. The molecule has 108 valence electrons. The zero-order valence-electron chi connectivity index (χ0n) is 11.2. The maximum atomic E-state index is 12.3. The van der Waals surface area contributed by atoms with E-state index in [1.807, 2.05) is 30.3 Å². The molecule has 2 rings (SSSR count). The molecule has 4 nitrogen and oxygen atoms in total. The summed E-state index contributed by atoms with van der Waals surface area (Å²) in [6, 6.07) is 11.4. The Labute approximate surface area is 124 Å². The molecule has 0 radical (unpaired) electrons. The molecule has 0 bridgehead atoms. The average molecular weight is 313 g/mol. The van der Waals surface area contributed by atoms with E-state index < -0.39 is 10.0 Å². The van der Waals surface area contributed by atoms with Crippen molar-refractivity contribution in [1.82, 2.24) is 9.29 Å². The van der Waals surface area contributed by atoms with Crippen molar-refractivity contribution in [2.75, 3.05) is 13.6 Å². The normalized spacial score (nSPS) is 11.9. The summed E-state index contributed by atoms with van der Waals surface area (Å²) < 4.78 is 26.1. The zero-order chi connectivity index (χ0) is 14.6. The fourth-order valence-corrected chi connectivity index (χ4v) is 3.22. The summed E-state index contributed by atoms with van der Waals surface area (Å²) in [5.41, 5.74) is 1.81. The van der Waals surface area contributed by atoms with E-state index in [1.54, 1.807) is 13.1 Å². The van der Waals surface area contributed by atoms with Crippen molar-refractivity contribution in [1.29, 1.82) is 0 Å². The molecule has 1 N–H and O–H groups in total. The molecule has 20 heavy (non-hydrogen) atoms. The van der Waals surface area contributed by atoms with Gasteiger partial charge in [-0.05, 0) is 18.1 Å². The Morgan fingerprint density at radius 1 is 1.25 bits per heavy atom. The van der Waals surface area contributed by atoms with Crippen LogP contribution in [0, 0.1) is 0 Å². The lowest BCUT2D eigenvalue weighted by molar-refractivity contribution is 0.472. The van der Waals surface area contributed by atoms with Crippen LogP contribution in [0.25, 0.3) is 0 Å². The van der Waals surface area contributed by atoms with Crippen LogP contribution in [0.4, 0.5) is 0 Å². The number of benzene rings is 1. The summed E-state index contributed by atoms with van der Waals surface area (Å²) >= 11 is 5.67.